The van der Waals surface area contributed by atoms with Gasteiger partial charge in [0.15, 0.2) is 0 Å². The zero-order chi connectivity index (χ0) is 16.9. The maximum atomic E-state index is 9.50. The van der Waals surface area contributed by atoms with E-state index in [1.54, 1.807) is 4.68 Å². The molecule has 0 saturated heterocycles. The first kappa shape index (κ1) is 16.2. The van der Waals surface area contributed by atoms with Gasteiger partial charge in [-0.3, -0.25) is 0 Å². The third-order valence-corrected chi connectivity index (χ3v) is 4.64. The summed E-state index contributed by atoms with van der Waals surface area (Å²) < 4.78 is 1.68. The second-order valence-electron chi connectivity index (χ2n) is 5.64. The predicted molar refractivity (Wildman–Crippen MR) is 94.0 cm³/mol. The Balaban J connectivity index is 1.79. The van der Waals surface area contributed by atoms with Crippen LogP contribution in [0.1, 0.15) is 16.7 Å². The number of hydrogen-bond donors (Lipinski definition) is 0. The Labute approximate surface area is 145 Å². The molecular weight excluding hydrogens is 318 g/mol. The summed E-state index contributed by atoms with van der Waals surface area (Å²) in [6.45, 7) is 4.08. The molecule has 1 atom stereocenters. The van der Waals surface area contributed by atoms with Gasteiger partial charge in [0.1, 0.15) is 5.25 Å². The molecule has 0 spiro atoms. The predicted octanol–water partition coefficient (Wildman–Crippen LogP) is 3.51. The van der Waals surface area contributed by atoms with Crippen molar-refractivity contribution in [3.63, 3.8) is 0 Å². The number of aromatic nitrogens is 4. The molecule has 1 heterocycles. The molecule has 3 aromatic rings. The first-order valence-corrected chi connectivity index (χ1v) is 8.51. The average Bonchev–Trinajstić information content (AvgIpc) is 3.04. The van der Waals surface area contributed by atoms with Crippen molar-refractivity contribution in [2.75, 3.05) is 0 Å². The normalized spacial score (nSPS) is 11.9. The van der Waals surface area contributed by atoms with Gasteiger partial charge in [-0.2, -0.15) is 9.94 Å². The van der Waals surface area contributed by atoms with Gasteiger partial charge in [-0.15, -0.1) is 5.10 Å². The molecule has 24 heavy (non-hydrogen) atoms. The maximum absolute atomic E-state index is 9.50. The van der Waals surface area contributed by atoms with E-state index in [9.17, 15) is 5.26 Å². The van der Waals surface area contributed by atoms with E-state index in [1.165, 1.54) is 17.3 Å². The van der Waals surface area contributed by atoms with Crippen LogP contribution in [0.15, 0.2) is 53.7 Å². The van der Waals surface area contributed by atoms with Crippen molar-refractivity contribution in [2.45, 2.75) is 30.7 Å². The van der Waals surface area contributed by atoms with Gasteiger partial charge in [-0.1, -0.05) is 53.7 Å². The van der Waals surface area contributed by atoms with Crippen molar-refractivity contribution in [1.29, 1.82) is 5.26 Å². The summed E-state index contributed by atoms with van der Waals surface area (Å²) in [7, 11) is 0. The average molecular weight is 335 g/mol. The van der Waals surface area contributed by atoms with Gasteiger partial charge >= 0.3 is 0 Å². The third-order valence-electron chi connectivity index (χ3n) is 3.62. The van der Waals surface area contributed by atoms with Gasteiger partial charge in [0.05, 0.1) is 11.8 Å². The Morgan fingerprint density at radius 1 is 1.12 bits per heavy atom. The van der Waals surface area contributed by atoms with Crippen LogP contribution in [0, 0.1) is 25.2 Å². The molecule has 1 unspecified atom stereocenters. The second kappa shape index (κ2) is 7.28. The molecule has 0 radical (unpaired) electrons. The molecule has 6 heteroatoms. The van der Waals surface area contributed by atoms with Gasteiger partial charge in [0.2, 0.25) is 5.16 Å². The topological polar surface area (TPSA) is 67.4 Å². The van der Waals surface area contributed by atoms with Crippen molar-refractivity contribution >= 4 is 11.8 Å². The Bertz CT molecular complexity index is 864. The number of hydrogen-bond acceptors (Lipinski definition) is 5. The zero-order valence-electron chi connectivity index (χ0n) is 13.5. The van der Waals surface area contributed by atoms with Crippen molar-refractivity contribution in [3.8, 4) is 11.8 Å². The summed E-state index contributed by atoms with van der Waals surface area (Å²) in [5, 5.41) is 21.8. The summed E-state index contributed by atoms with van der Waals surface area (Å²) in [6, 6.07) is 18.5. The molecule has 0 bridgehead atoms. The number of nitrogens with zero attached hydrogens (tertiary/aromatic N) is 5. The van der Waals surface area contributed by atoms with Gasteiger partial charge in [-0.05, 0) is 54.0 Å². The molecule has 0 N–H and O–H groups in total. The van der Waals surface area contributed by atoms with Crippen molar-refractivity contribution in [1.82, 2.24) is 20.2 Å². The van der Waals surface area contributed by atoms with E-state index in [4.69, 9.17) is 0 Å². The summed E-state index contributed by atoms with van der Waals surface area (Å²) >= 11 is 1.39. The minimum atomic E-state index is -0.248. The van der Waals surface area contributed by atoms with Crippen LogP contribution in [0.5, 0.6) is 0 Å². The fourth-order valence-electron chi connectivity index (χ4n) is 2.35. The van der Waals surface area contributed by atoms with E-state index in [2.05, 4.69) is 52.8 Å². The highest BCUT2D eigenvalue weighted by Gasteiger charge is 2.17. The van der Waals surface area contributed by atoms with E-state index in [-0.39, 0.29) is 5.25 Å². The number of aryl methyl sites for hydroxylation is 2. The third kappa shape index (κ3) is 3.81. The number of thioether (sulfide) groups is 1. The molecule has 0 fully saturated rings. The van der Waals surface area contributed by atoms with E-state index < -0.39 is 0 Å². The monoisotopic (exact) mass is 335 g/mol. The second-order valence-corrected chi connectivity index (χ2v) is 6.81. The van der Waals surface area contributed by atoms with Crippen molar-refractivity contribution in [2.24, 2.45) is 0 Å². The van der Waals surface area contributed by atoms with Crippen LogP contribution in [0.2, 0.25) is 0 Å². The summed E-state index contributed by atoms with van der Waals surface area (Å²) in [5.41, 5.74) is 4.38. The highest BCUT2D eigenvalue weighted by molar-refractivity contribution is 8.00. The Kier molecular flexibility index (Phi) is 4.92. The van der Waals surface area contributed by atoms with Crippen LogP contribution in [0.3, 0.4) is 0 Å². The fourth-order valence-corrected chi connectivity index (χ4v) is 3.26. The molecule has 5 nitrogen and oxygen atoms in total. The summed E-state index contributed by atoms with van der Waals surface area (Å²) in [6.07, 6.45) is 0.655. The Morgan fingerprint density at radius 2 is 1.92 bits per heavy atom. The lowest BCUT2D eigenvalue weighted by Crippen LogP contribution is -2.07. The minimum Gasteiger partial charge on any atom is -0.197 e. The first-order chi connectivity index (χ1) is 11.7. The standard InChI is InChI=1S/C18H17N5S/c1-13-6-8-15(9-7-13)11-17(12-19)24-18-20-21-22-23(18)16-5-3-4-14(2)10-16/h3-10,17H,11H2,1-2H3. The summed E-state index contributed by atoms with van der Waals surface area (Å²) in [5.74, 6) is 0. The molecule has 0 saturated carbocycles. The Hall–Kier alpha value is -2.65. The van der Waals surface area contributed by atoms with Crippen LogP contribution in [0.25, 0.3) is 5.69 Å². The van der Waals surface area contributed by atoms with Crippen LogP contribution in [-0.4, -0.2) is 25.5 Å². The highest BCUT2D eigenvalue weighted by atomic mass is 32.2. The van der Waals surface area contributed by atoms with Gasteiger partial charge in [-0.25, -0.2) is 0 Å². The maximum Gasteiger partial charge on any atom is 0.215 e. The van der Waals surface area contributed by atoms with Gasteiger partial charge < -0.3 is 0 Å². The quantitative estimate of drug-likeness (QED) is 0.668. The van der Waals surface area contributed by atoms with E-state index in [0.29, 0.717) is 11.6 Å². The van der Waals surface area contributed by atoms with Crippen molar-refractivity contribution in [3.05, 3.63) is 65.2 Å². The minimum absolute atomic E-state index is 0.248. The SMILES string of the molecule is Cc1ccc(CC(C#N)Sc2nnnn2-c2cccc(C)c2)cc1. The van der Waals surface area contributed by atoms with Crippen LogP contribution >= 0.6 is 11.8 Å². The van der Waals surface area contributed by atoms with E-state index >= 15 is 0 Å². The van der Waals surface area contributed by atoms with Crippen molar-refractivity contribution < 1.29 is 0 Å². The molecule has 2 aromatic carbocycles. The van der Waals surface area contributed by atoms with E-state index in [0.717, 1.165) is 16.8 Å². The van der Waals surface area contributed by atoms with Crippen LogP contribution < -0.4 is 0 Å². The lowest BCUT2D eigenvalue weighted by Gasteiger charge is -2.09. The molecule has 0 amide bonds. The first-order valence-electron chi connectivity index (χ1n) is 7.63. The number of tetrazole rings is 1. The highest BCUT2D eigenvalue weighted by Crippen LogP contribution is 2.25. The van der Waals surface area contributed by atoms with Crippen LogP contribution in [-0.2, 0) is 6.42 Å². The zero-order valence-corrected chi connectivity index (χ0v) is 14.4. The number of rotatable bonds is 5. The molecule has 1 aromatic heterocycles. The fraction of sp³-hybridized carbons (Fsp3) is 0.222. The van der Waals surface area contributed by atoms with Gasteiger partial charge in [0, 0.05) is 0 Å². The van der Waals surface area contributed by atoms with Gasteiger partial charge in [0.25, 0.3) is 0 Å². The lowest BCUT2D eigenvalue weighted by atomic mass is 10.1. The number of nitriles is 1. The van der Waals surface area contributed by atoms with Crippen LogP contribution in [0.4, 0.5) is 0 Å². The summed E-state index contributed by atoms with van der Waals surface area (Å²) in [4.78, 5) is 0. The Morgan fingerprint density at radius 3 is 2.62 bits per heavy atom. The molecule has 0 aliphatic heterocycles. The molecule has 3 rings (SSSR count). The largest absolute Gasteiger partial charge is 0.215 e. The number of benzene rings is 2. The smallest absolute Gasteiger partial charge is 0.197 e. The molecule has 120 valence electrons. The lowest BCUT2D eigenvalue weighted by molar-refractivity contribution is 0.754. The molecular formula is C18H17N5S. The van der Waals surface area contributed by atoms with E-state index in [1.807, 2.05) is 31.2 Å². The molecule has 0 aliphatic carbocycles. The molecule has 0 aliphatic rings.